The van der Waals surface area contributed by atoms with Crippen LogP contribution in [0.3, 0.4) is 0 Å². The molecule has 1 aliphatic heterocycles. The molecular formula is C12H18N2O2. The molecule has 0 saturated heterocycles. The molecule has 0 saturated carbocycles. The van der Waals surface area contributed by atoms with Gasteiger partial charge in [-0.15, -0.1) is 0 Å². The van der Waals surface area contributed by atoms with Crippen molar-refractivity contribution in [2.24, 2.45) is 5.73 Å². The summed E-state index contributed by atoms with van der Waals surface area (Å²) in [5, 5.41) is 0. The molecule has 0 bridgehead atoms. The molecule has 0 atom stereocenters. The Balaban J connectivity index is 2.72. The Kier molecular flexibility index (Phi) is 2.26. The van der Waals surface area contributed by atoms with Crippen LogP contribution >= 0.6 is 0 Å². The summed E-state index contributed by atoms with van der Waals surface area (Å²) in [6.45, 7) is 8.16. The molecule has 2 heterocycles. The van der Waals surface area contributed by atoms with Gasteiger partial charge in [-0.25, -0.2) is 0 Å². The van der Waals surface area contributed by atoms with Crippen molar-refractivity contribution in [2.45, 2.75) is 45.4 Å². The van der Waals surface area contributed by atoms with E-state index < -0.39 is 5.60 Å². The van der Waals surface area contributed by atoms with Gasteiger partial charge in [0.2, 0.25) is 0 Å². The highest BCUT2D eigenvalue weighted by Gasteiger charge is 2.44. The lowest BCUT2D eigenvalue weighted by Gasteiger charge is -2.24. The van der Waals surface area contributed by atoms with Crippen molar-refractivity contribution in [1.82, 2.24) is 4.98 Å². The first-order valence-corrected chi connectivity index (χ1v) is 5.45. The first-order valence-electron chi connectivity index (χ1n) is 5.45. The van der Waals surface area contributed by atoms with Crippen molar-refractivity contribution >= 4 is 0 Å². The number of hydrogen-bond acceptors (Lipinski definition) is 3. The fourth-order valence-electron chi connectivity index (χ4n) is 2.42. The third-order valence-electron chi connectivity index (χ3n) is 3.10. The smallest absolute Gasteiger partial charge is 0.252 e. The maximum atomic E-state index is 11.7. The standard InChI is InChI=1S/C12H18N2O2/c1-11(2)8-5-7(6-13)10(15)14-9(8)12(3,4)16-11/h5H,6,13H2,1-4H3,(H,14,15). The van der Waals surface area contributed by atoms with Crippen molar-refractivity contribution in [1.29, 1.82) is 0 Å². The van der Waals surface area contributed by atoms with Crippen molar-refractivity contribution in [3.8, 4) is 0 Å². The second kappa shape index (κ2) is 3.18. The Morgan fingerprint density at radius 3 is 2.50 bits per heavy atom. The summed E-state index contributed by atoms with van der Waals surface area (Å²) >= 11 is 0. The van der Waals surface area contributed by atoms with E-state index in [1.54, 1.807) is 0 Å². The molecule has 0 aliphatic carbocycles. The van der Waals surface area contributed by atoms with E-state index in [9.17, 15) is 4.79 Å². The van der Waals surface area contributed by atoms with Crippen LogP contribution in [0.1, 0.15) is 44.5 Å². The van der Waals surface area contributed by atoms with Gasteiger partial charge >= 0.3 is 0 Å². The van der Waals surface area contributed by atoms with E-state index in [4.69, 9.17) is 10.5 Å². The van der Waals surface area contributed by atoms with Gasteiger partial charge in [-0.3, -0.25) is 4.79 Å². The Labute approximate surface area is 94.8 Å². The molecule has 4 heteroatoms. The number of ether oxygens (including phenoxy) is 1. The minimum Gasteiger partial charge on any atom is -0.359 e. The van der Waals surface area contributed by atoms with Gasteiger partial charge in [0, 0.05) is 17.7 Å². The number of nitrogens with one attached hydrogen (secondary N) is 1. The van der Waals surface area contributed by atoms with Gasteiger partial charge < -0.3 is 15.5 Å². The lowest BCUT2D eigenvalue weighted by Crippen LogP contribution is -2.24. The number of nitrogens with two attached hydrogens (primary N) is 1. The first kappa shape index (κ1) is 11.4. The zero-order valence-corrected chi connectivity index (χ0v) is 10.2. The highest BCUT2D eigenvalue weighted by molar-refractivity contribution is 5.37. The number of rotatable bonds is 1. The third-order valence-corrected chi connectivity index (χ3v) is 3.10. The predicted octanol–water partition coefficient (Wildman–Crippen LogP) is 1.33. The van der Waals surface area contributed by atoms with Crippen LogP contribution in [0.4, 0.5) is 0 Å². The number of H-pyrrole nitrogens is 1. The molecule has 3 N–H and O–H groups in total. The maximum Gasteiger partial charge on any atom is 0.252 e. The Bertz CT molecular complexity index is 486. The van der Waals surface area contributed by atoms with E-state index in [-0.39, 0.29) is 17.7 Å². The van der Waals surface area contributed by atoms with Crippen LogP contribution in [0, 0.1) is 0 Å². The largest absolute Gasteiger partial charge is 0.359 e. The van der Waals surface area contributed by atoms with Gasteiger partial charge in [0.15, 0.2) is 0 Å². The highest BCUT2D eigenvalue weighted by Crippen LogP contribution is 2.45. The number of hydrogen-bond donors (Lipinski definition) is 2. The van der Waals surface area contributed by atoms with Crippen LogP contribution in [0.2, 0.25) is 0 Å². The highest BCUT2D eigenvalue weighted by atomic mass is 16.5. The molecule has 0 aromatic carbocycles. The zero-order chi connectivity index (χ0) is 12.1. The summed E-state index contributed by atoms with van der Waals surface area (Å²) in [6, 6.07) is 1.86. The van der Waals surface area contributed by atoms with Crippen LogP contribution in [-0.2, 0) is 22.5 Å². The van der Waals surface area contributed by atoms with Crippen molar-refractivity contribution in [3.05, 3.63) is 33.2 Å². The molecular weight excluding hydrogens is 204 g/mol. The molecule has 0 fully saturated rings. The maximum absolute atomic E-state index is 11.7. The van der Waals surface area contributed by atoms with Crippen LogP contribution in [0.5, 0.6) is 0 Å². The third kappa shape index (κ3) is 1.49. The summed E-state index contributed by atoms with van der Waals surface area (Å²) < 4.78 is 5.95. The van der Waals surface area contributed by atoms with Gasteiger partial charge in [0.25, 0.3) is 5.56 Å². The Hall–Kier alpha value is -1.13. The van der Waals surface area contributed by atoms with Crippen LogP contribution in [0.15, 0.2) is 10.9 Å². The quantitative estimate of drug-likeness (QED) is 0.753. The molecule has 0 unspecified atom stereocenters. The van der Waals surface area contributed by atoms with Crippen LogP contribution in [0.25, 0.3) is 0 Å². The molecule has 0 spiro atoms. The fraction of sp³-hybridized carbons (Fsp3) is 0.583. The van der Waals surface area contributed by atoms with E-state index in [2.05, 4.69) is 4.98 Å². The average Bonchev–Trinajstić information content (AvgIpc) is 2.31. The second-order valence-corrected chi connectivity index (χ2v) is 5.24. The second-order valence-electron chi connectivity index (χ2n) is 5.24. The van der Waals surface area contributed by atoms with Crippen LogP contribution < -0.4 is 11.3 Å². The summed E-state index contributed by atoms with van der Waals surface area (Å²) in [7, 11) is 0. The van der Waals surface area contributed by atoms with Crippen molar-refractivity contribution in [2.75, 3.05) is 0 Å². The van der Waals surface area contributed by atoms with E-state index in [0.717, 1.165) is 11.3 Å². The lowest BCUT2D eigenvalue weighted by molar-refractivity contribution is -0.106. The predicted molar refractivity (Wildman–Crippen MR) is 62.1 cm³/mol. The van der Waals surface area contributed by atoms with E-state index >= 15 is 0 Å². The molecule has 4 nitrogen and oxygen atoms in total. The number of aromatic amines is 1. The minimum absolute atomic E-state index is 0.115. The van der Waals surface area contributed by atoms with Gasteiger partial charge in [-0.1, -0.05) is 0 Å². The van der Waals surface area contributed by atoms with E-state index in [1.165, 1.54) is 0 Å². The summed E-state index contributed by atoms with van der Waals surface area (Å²) in [5.41, 5.74) is 7.08. The van der Waals surface area contributed by atoms with E-state index in [1.807, 2.05) is 33.8 Å². The molecule has 88 valence electrons. The monoisotopic (exact) mass is 222 g/mol. The number of aromatic nitrogens is 1. The fourth-order valence-corrected chi connectivity index (χ4v) is 2.42. The lowest BCUT2D eigenvalue weighted by atomic mass is 9.94. The Morgan fingerprint density at radius 2 is 1.94 bits per heavy atom. The summed E-state index contributed by atoms with van der Waals surface area (Å²) in [5.74, 6) is 0. The Morgan fingerprint density at radius 1 is 1.31 bits per heavy atom. The molecule has 1 aliphatic rings. The molecule has 0 radical (unpaired) electrons. The minimum atomic E-state index is -0.453. The topological polar surface area (TPSA) is 68.1 Å². The van der Waals surface area contributed by atoms with Gasteiger partial charge in [0.05, 0.1) is 11.3 Å². The normalized spacial score (nSPS) is 20.8. The van der Waals surface area contributed by atoms with Gasteiger partial charge in [-0.2, -0.15) is 0 Å². The molecule has 1 aromatic heterocycles. The van der Waals surface area contributed by atoms with Gasteiger partial charge in [0.1, 0.15) is 5.60 Å². The van der Waals surface area contributed by atoms with Crippen LogP contribution in [-0.4, -0.2) is 4.98 Å². The molecule has 1 aromatic rings. The summed E-state index contributed by atoms with van der Waals surface area (Å²) in [4.78, 5) is 14.6. The average molecular weight is 222 g/mol. The number of fused-ring (bicyclic) bond motifs is 1. The zero-order valence-electron chi connectivity index (χ0n) is 10.2. The van der Waals surface area contributed by atoms with Crippen molar-refractivity contribution < 1.29 is 4.74 Å². The van der Waals surface area contributed by atoms with Crippen molar-refractivity contribution in [3.63, 3.8) is 0 Å². The molecule has 0 amide bonds. The van der Waals surface area contributed by atoms with E-state index in [0.29, 0.717) is 5.56 Å². The molecule has 16 heavy (non-hydrogen) atoms. The SMILES string of the molecule is CC1(C)OC(C)(C)c2[nH]c(=O)c(CN)cc21. The number of pyridine rings is 1. The molecule has 2 rings (SSSR count). The summed E-state index contributed by atoms with van der Waals surface area (Å²) in [6.07, 6.45) is 0. The first-order chi connectivity index (χ1) is 7.28. The van der Waals surface area contributed by atoms with Gasteiger partial charge in [-0.05, 0) is 33.8 Å².